The van der Waals surface area contributed by atoms with Crippen molar-refractivity contribution in [2.75, 3.05) is 23.3 Å². The zero-order valence-electron chi connectivity index (χ0n) is 18.6. The van der Waals surface area contributed by atoms with Gasteiger partial charge in [0.15, 0.2) is 10.8 Å². The first-order valence-corrected chi connectivity index (χ1v) is 11.9. The molecule has 2 aromatic carbocycles. The molecule has 32 heavy (non-hydrogen) atoms. The summed E-state index contributed by atoms with van der Waals surface area (Å²) in [5, 5.41) is 8.82. The lowest BCUT2D eigenvalue weighted by molar-refractivity contribution is -0.120. The normalized spacial score (nSPS) is 16.5. The number of para-hydroxylation sites is 1. The largest absolute Gasteiger partial charge is 0.347 e. The Balaban J connectivity index is 1.37. The van der Waals surface area contributed by atoms with Gasteiger partial charge in [-0.15, -0.1) is 0 Å². The summed E-state index contributed by atoms with van der Waals surface area (Å²) in [5.41, 5.74) is 6.09. The van der Waals surface area contributed by atoms with Crippen LogP contribution in [0.3, 0.4) is 0 Å². The Labute approximate surface area is 191 Å². The van der Waals surface area contributed by atoms with E-state index in [4.69, 9.17) is 10.1 Å². The Bertz CT molecular complexity index is 1280. The highest BCUT2D eigenvalue weighted by atomic mass is 32.1. The van der Waals surface area contributed by atoms with Gasteiger partial charge < -0.3 is 10.2 Å². The predicted octanol–water partition coefficient (Wildman–Crippen LogP) is 5.26. The van der Waals surface area contributed by atoms with E-state index in [-0.39, 0.29) is 11.8 Å². The number of aromatic nitrogens is 3. The molecule has 1 aliphatic rings. The van der Waals surface area contributed by atoms with Crippen molar-refractivity contribution >= 4 is 38.4 Å². The van der Waals surface area contributed by atoms with Gasteiger partial charge in [0.2, 0.25) is 5.91 Å². The molecule has 6 nitrogen and oxygen atoms in total. The number of piperidine rings is 1. The van der Waals surface area contributed by atoms with Crippen molar-refractivity contribution in [3.63, 3.8) is 0 Å². The third-order valence-electron chi connectivity index (χ3n) is 6.30. The standard InChI is InChI=1S/C25H27N5OS/c1-16-9-7-13-21(17(16)2)26-24(31)19-10-8-14-29(15-19)25-27-23-22(32-25)18(3)28-30(23)20-11-5-4-6-12-20/h4-7,9,11-13,19H,8,10,14-15H2,1-3H3,(H,26,31)/t19-/m1/s1. The van der Waals surface area contributed by atoms with E-state index in [1.165, 1.54) is 5.56 Å². The molecule has 0 spiro atoms. The van der Waals surface area contributed by atoms with Crippen molar-refractivity contribution in [2.24, 2.45) is 5.92 Å². The lowest BCUT2D eigenvalue weighted by Crippen LogP contribution is -2.40. The number of carbonyl (C=O) groups is 1. The highest BCUT2D eigenvalue weighted by Gasteiger charge is 2.28. The maximum atomic E-state index is 13.1. The summed E-state index contributed by atoms with van der Waals surface area (Å²) in [5.74, 6) is 0.0403. The molecule has 5 rings (SSSR count). The number of rotatable bonds is 4. The Kier molecular flexibility index (Phi) is 5.43. The first-order chi connectivity index (χ1) is 15.5. The number of thiazole rings is 1. The SMILES string of the molecule is Cc1cccc(NC(=O)[C@@H]2CCCN(c3nc4c(s3)c(C)nn4-c3ccccc3)C2)c1C. The van der Waals surface area contributed by atoms with Gasteiger partial charge in [-0.25, -0.2) is 4.68 Å². The molecule has 4 aromatic rings. The molecule has 3 heterocycles. The van der Waals surface area contributed by atoms with Crippen LogP contribution in [0.15, 0.2) is 48.5 Å². The topological polar surface area (TPSA) is 63.1 Å². The molecule has 0 saturated carbocycles. The van der Waals surface area contributed by atoms with Crippen molar-refractivity contribution in [1.29, 1.82) is 0 Å². The summed E-state index contributed by atoms with van der Waals surface area (Å²) in [6.07, 6.45) is 1.87. The van der Waals surface area contributed by atoms with E-state index in [0.29, 0.717) is 6.54 Å². The monoisotopic (exact) mass is 445 g/mol. The molecule has 1 amide bonds. The zero-order chi connectivity index (χ0) is 22.2. The molecule has 2 aromatic heterocycles. The minimum Gasteiger partial charge on any atom is -0.347 e. The van der Waals surface area contributed by atoms with Gasteiger partial charge in [0, 0.05) is 18.8 Å². The maximum Gasteiger partial charge on any atom is 0.229 e. The Morgan fingerprint density at radius 3 is 2.72 bits per heavy atom. The second-order valence-corrected chi connectivity index (χ2v) is 9.48. The van der Waals surface area contributed by atoms with E-state index in [1.54, 1.807) is 11.3 Å². The Morgan fingerprint density at radius 2 is 1.91 bits per heavy atom. The molecule has 1 saturated heterocycles. The summed E-state index contributed by atoms with van der Waals surface area (Å²) >= 11 is 1.67. The average Bonchev–Trinajstić information content (AvgIpc) is 3.38. The molecule has 1 aliphatic heterocycles. The van der Waals surface area contributed by atoms with Crippen LogP contribution in [0, 0.1) is 26.7 Å². The van der Waals surface area contributed by atoms with E-state index < -0.39 is 0 Å². The fourth-order valence-electron chi connectivity index (χ4n) is 4.29. The predicted molar refractivity (Wildman–Crippen MR) is 131 cm³/mol. The molecule has 1 fully saturated rings. The first-order valence-electron chi connectivity index (χ1n) is 11.0. The van der Waals surface area contributed by atoms with Crippen LogP contribution in [0.5, 0.6) is 0 Å². The van der Waals surface area contributed by atoms with Crippen LogP contribution in [0.4, 0.5) is 10.8 Å². The molecule has 1 atom stereocenters. The number of hydrogen-bond acceptors (Lipinski definition) is 5. The Morgan fingerprint density at radius 1 is 1.09 bits per heavy atom. The summed E-state index contributed by atoms with van der Waals surface area (Å²) in [7, 11) is 0. The van der Waals surface area contributed by atoms with Gasteiger partial charge in [-0.05, 0) is 62.9 Å². The van der Waals surface area contributed by atoms with Gasteiger partial charge in [0.25, 0.3) is 0 Å². The number of fused-ring (bicyclic) bond motifs is 1. The number of benzene rings is 2. The van der Waals surface area contributed by atoms with E-state index in [2.05, 4.69) is 30.1 Å². The molecular formula is C25H27N5OS. The molecule has 7 heteroatoms. The molecule has 0 aliphatic carbocycles. The smallest absolute Gasteiger partial charge is 0.229 e. The minimum absolute atomic E-state index is 0.0533. The van der Waals surface area contributed by atoms with Crippen molar-refractivity contribution in [3.05, 3.63) is 65.4 Å². The van der Waals surface area contributed by atoms with Crippen molar-refractivity contribution in [3.8, 4) is 5.69 Å². The van der Waals surface area contributed by atoms with E-state index in [1.807, 2.05) is 54.1 Å². The van der Waals surface area contributed by atoms with Crippen LogP contribution in [-0.2, 0) is 4.79 Å². The highest BCUT2D eigenvalue weighted by Crippen LogP contribution is 2.34. The number of carbonyl (C=O) groups excluding carboxylic acids is 1. The van der Waals surface area contributed by atoms with Crippen LogP contribution < -0.4 is 10.2 Å². The maximum absolute atomic E-state index is 13.1. The van der Waals surface area contributed by atoms with Crippen LogP contribution in [0.1, 0.15) is 29.7 Å². The number of nitrogens with zero attached hydrogens (tertiary/aromatic N) is 4. The number of anilines is 2. The average molecular weight is 446 g/mol. The summed E-state index contributed by atoms with van der Waals surface area (Å²) < 4.78 is 3.02. The minimum atomic E-state index is -0.0533. The van der Waals surface area contributed by atoms with Crippen molar-refractivity contribution in [1.82, 2.24) is 14.8 Å². The van der Waals surface area contributed by atoms with Crippen LogP contribution >= 0.6 is 11.3 Å². The lowest BCUT2D eigenvalue weighted by Gasteiger charge is -2.31. The van der Waals surface area contributed by atoms with Crippen LogP contribution in [0.2, 0.25) is 0 Å². The van der Waals surface area contributed by atoms with E-state index in [0.717, 1.165) is 57.5 Å². The van der Waals surface area contributed by atoms with Gasteiger partial charge in [0.05, 0.1) is 22.0 Å². The third-order valence-corrected chi connectivity index (χ3v) is 7.52. The fraction of sp³-hybridized carbons (Fsp3) is 0.320. The van der Waals surface area contributed by atoms with Gasteiger partial charge in [-0.3, -0.25) is 4.79 Å². The fourth-order valence-corrected chi connectivity index (χ4v) is 5.32. The van der Waals surface area contributed by atoms with Gasteiger partial charge in [-0.2, -0.15) is 10.1 Å². The van der Waals surface area contributed by atoms with E-state index >= 15 is 0 Å². The molecule has 164 valence electrons. The molecule has 1 N–H and O–H groups in total. The van der Waals surface area contributed by atoms with Gasteiger partial charge in [-0.1, -0.05) is 41.7 Å². The second-order valence-electron chi connectivity index (χ2n) is 8.50. The number of hydrogen-bond donors (Lipinski definition) is 1. The lowest BCUT2D eigenvalue weighted by atomic mass is 9.97. The molecule has 0 unspecified atom stereocenters. The second kappa shape index (κ2) is 8.39. The van der Waals surface area contributed by atoms with Crippen molar-refractivity contribution < 1.29 is 4.79 Å². The number of aryl methyl sites for hydroxylation is 2. The quantitative estimate of drug-likeness (QED) is 0.465. The van der Waals surface area contributed by atoms with Gasteiger partial charge >= 0.3 is 0 Å². The third kappa shape index (κ3) is 3.77. The highest BCUT2D eigenvalue weighted by molar-refractivity contribution is 7.22. The van der Waals surface area contributed by atoms with E-state index in [9.17, 15) is 4.79 Å². The number of amides is 1. The van der Waals surface area contributed by atoms with Crippen LogP contribution in [0.25, 0.3) is 16.0 Å². The number of nitrogens with one attached hydrogen (secondary N) is 1. The van der Waals surface area contributed by atoms with Crippen molar-refractivity contribution in [2.45, 2.75) is 33.6 Å². The molecule has 0 bridgehead atoms. The summed E-state index contributed by atoms with van der Waals surface area (Å²) in [4.78, 5) is 20.3. The van der Waals surface area contributed by atoms with Crippen LogP contribution in [-0.4, -0.2) is 33.8 Å². The van der Waals surface area contributed by atoms with Gasteiger partial charge in [0.1, 0.15) is 0 Å². The summed E-state index contributed by atoms with van der Waals surface area (Å²) in [6, 6.07) is 16.1. The molecule has 0 radical (unpaired) electrons. The Hall–Kier alpha value is -3.19. The zero-order valence-corrected chi connectivity index (χ0v) is 19.4. The summed E-state index contributed by atoms with van der Waals surface area (Å²) in [6.45, 7) is 7.75. The molecular weight excluding hydrogens is 418 g/mol. The first kappa shape index (κ1) is 20.7.